The number of rotatable bonds is 3. The van der Waals surface area contributed by atoms with Crippen molar-refractivity contribution in [1.29, 1.82) is 0 Å². The van der Waals surface area contributed by atoms with Crippen molar-refractivity contribution in [2.75, 3.05) is 7.05 Å². The number of nitrogens with zero attached hydrogens (tertiary/aromatic N) is 2. The predicted molar refractivity (Wildman–Crippen MR) is 70.5 cm³/mol. The molecule has 1 unspecified atom stereocenters. The van der Waals surface area contributed by atoms with Gasteiger partial charge in [0, 0.05) is 17.4 Å². The van der Waals surface area contributed by atoms with Crippen LogP contribution < -0.4 is 5.32 Å². The fourth-order valence-electron chi connectivity index (χ4n) is 1.87. The summed E-state index contributed by atoms with van der Waals surface area (Å²) in [7, 11) is 1.98. The second-order valence-corrected chi connectivity index (χ2v) is 4.39. The number of nitrogens with one attached hydrogen (secondary N) is 1. The van der Waals surface area contributed by atoms with Crippen LogP contribution in [0.3, 0.4) is 0 Å². The van der Waals surface area contributed by atoms with Crippen LogP contribution >= 0.6 is 0 Å². The molecule has 0 aliphatic carbocycles. The van der Waals surface area contributed by atoms with E-state index in [-0.39, 0.29) is 0 Å². The van der Waals surface area contributed by atoms with Crippen molar-refractivity contribution in [3.05, 3.63) is 47.5 Å². The molecule has 3 nitrogen and oxygen atoms in total. The Kier molecular flexibility index (Phi) is 3.29. The van der Waals surface area contributed by atoms with E-state index in [1.165, 1.54) is 16.9 Å². The number of hydrogen-bond acceptors (Lipinski definition) is 2. The lowest BCUT2D eigenvalue weighted by molar-refractivity contribution is 0.651. The normalized spacial score (nSPS) is 12.7. The maximum Gasteiger partial charge on any atom is 0.0997 e. The van der Waals surface area contributed by atoms with Gasteiger partial charge < -0.3 is 9.88 Å². The second kappa shape index (κ2) is 4.72. The Balaban J connectivity index is 2.43. The molecule has 0 radical (unpaired) electrons. The zero-order chi connectivity index (χ0) is 12.4. The molecule has 2 rings (SSSR count). The van der Waals surface area contributed by atoms with Crippen molar-refractivity contribution >= 4 is 0 Å². The lowest BCUT2D eigenvalue weighted by Gasteiger charge is -2.13. The minimum atomic E-state index is 0.361. The van der Waals surface area contributed by atoms with E-state index >= 15 is 0 Å². The molecule has 1 atom stereocenters. The third kappa shape index (κ3) is 2.24. The molecule has 0 bridgehead atoms. The highest BCUT2D eigenvalue weighted by Crippen LogP contribution is 2.18. The lowest BCUT2D eigenvalue weighted by atomic mass is 10.1. The topological polar surface area (TPSA) is 29.9 Å². The van der Waals surface area contributed by atoms with E-state index in [1.807, 2.05) is 20.3 Å². The van der Waals surface area contributed by atoms with Gasteiger partial charge in [0.25, 0.3) is 0 Å². The Morgan fingerprint density at radius 1 is 1.29 bits per heavy atom. The van der Waals surface area contributed by atoms with Gasteiger partial charge in [-0.05, 0) is 45.5 Å². The zero-order valence-electron chi connectivity index (χ0n) is 10.9. The summed E-state index contributed by atoms with van der Waals surface area (Å²) in [5.41, 5.74) is 4.73. The van der Waals surface area contributed by atoms with Crippen LogP contribution in [0.25, 0.3) is 5.69 Å². The summed E-state index contributed by atoms with van der Waals surface area (Å²) in [6.07, 6.45) is 1.88. The van der Waals surface area contributed by atoms with Crippen molar-refractivity contribution in [3.63, 3.8) is 0 Å². The molecule has 1 heterocycles. The van der Waals surface area contributed by atoms with Crippen LogP contribution in [0, 0.1) is 13.8 Å². The molecule has 1 N–H and O–H groups in total. The molecule has 0 spiro atoms. The van der Waals surface area contributed by atoms with E-state index in [4.69, 9.17) is 0 Å². The van der Waals surface area contributed by atoms with Gasteiger partial charge in [0.05, 0.1) is 12.0 Å². The molecule has 0 aliphatic rings. The van der Waals surface area contributed by atoms with Crippen molar-refractivity contribution in [2.45, 2.75) is 26.8 Å². The Morgan fingerprint density at radius 3 is 2.65 bits per heavy atom. The summed E-state index contributed by atoms with van der Waals surface area (Å²) in [4.78, 5) is 4.33. The first-order valence-corrected chi connectivity index (χ1v) is 5.91. The maximum absolute atomic E-state index is 4.33. The Labute approximate surface area is 103 Å². The molecule has 0 saturated carbocycles. The highest BCUT2D eigenvalue weighted by Gasteiger charge is 2.07. The van der Waals surface area contributed by atoms with Crippen LogP contribution in [-0.2, 0) is 0 Å². The van der Waals surface area contributed by atoms with Crippen molar-refractivity contribution in [1.82, 2.24) is 14.9 Å². The summed E-state index contributed by atoms with van der Waals surface area (Å²) < 4.78 is 2.13. The molecule has 2 aromatic rings. The zero-order valence-corrected chi connectivity index (χ0v) is 10.9. The van der Waals surface area contributed by atoms with Crippen LogP contribution in [0.2, 0.25) is 0 Å². The molecule has 1 aromatic heterocycles. The largest absolute Gasteiger partial charge is 0.313 e. The molecule has 0 fully saturated rings. The number of hydrogen-bond donors (Lipinski definition) is 1. The third-order valence-electron chi connectivity index (χ3n) is 3.33. The summed E-state index contributed by atoms with van der Waals surface area (Å²) in [5, 5.41) is 3.25. The first-order valence-electron chi connectivity index (χ1n) is 5.91. The van der Waals surface area contributed by atoms with Gasteiger partial charge >= 0.3 is 0 Å². The van der Waals surface area contributed by atoms with Gasteiger partial charge in [-0.1, -0.05) is 12.1 Å². The molecule has 1 aromatic carbocycles. The van der Waals surface area contributed by atoms with Gasteiger partial charge in [-0.3, -0.25) is 0 Å². The van der Waals surface area contributed by atoms with Crippen LogP contribution in [0.1, 0.15) is 29.9 Å². The van der Waals surface area contributed by atoms with Gasteiger partial charge in [-0.25, -0.2) is 4.98 Å². The van der Waals surface area contributed by atoms with E-state index in [0.29, 0.717) is 6.04 Å². The molecular formula is C14H19N3. The average molecular weight is 229 g/mol. The average Bonchev–Trinajstić information content (AvgIpc) is 2.69. The quantitative estimate of drug-likeness (QED) is 0.877. The number of aryl methyl sites for hydroxylation is 1. The highest BCUT2D eigenvalue weighted by molar-refractivity contribution is 5.39. The molecule has 0 aliphatic heterocycles. The minimum absolute atomic E-state index is 0.361. The molecule has 90 valence electrons. The van der Waals surface area contributed by atoms with E-state index in [9.17, 15) is 0 Å². The fraction of sp³-hybridized carbons (Fsp3) is 0.357. The SMILES string of the molecule is CNC(C)c1cccc(-n2cnc(C)c2C)c1. The standard InChI is InChI=1S/C14H19N3/c1-10-12(3)17(9-16-10)14-7-5-6-13(8-14)11(2)15-4/h5-9,11,15H,1-4H3. The maximum atomic E-state index is 4.33. The summed E-state index contributed by atoms with van der Waals surface area (Å²) >= 11 is 0. The highest BCUT2D eigenvalue weighted by atomic mass is 15.1. The van der Waals surface area contributed by atoms with Crippen molar-refractivity contribution < 1.29 is 0 Å². The van der Waals surface area contributed by atoms with E-state index < -0.39 is 0 Å². The number of aromatic nitrogens is 2. The second-order valence-electron chi connectivity index (χ2n) is 4.39. The number of benzene rings is 1. The third-order valence-corrected chi connectivity index (χ3v) is 3.33. The molecule has 17 heavy (non-hydrogen) atoms. The summed E-state index contributed by atoms with van der Waals surface area (Å²) in [6, 6.07) is 8.91. The molecule has 0 amide bonds. The number of imidazole rings is 1. The Morgan fingerprint density at radius 2 is 2.06 bits per heavy atom. The van der Waals surface area contributed by atoms with Crippen LogP contribution in [0.4, 0.5) is 0 Å². The van der Waals surface area contributed by atoms with Crippen molar-refractivity contribution in [3.8, 4) is 5.69 Å². The van der Waals surface area contributed by atoms with Crippen LogP contribution in [0.5, 0.6) is 0 Å². The van der Waals surface area contributed by atoms with E-state index in [0.717, 1.165) is 5.69 Å². The smallest absolute Gasteiger partial charge is 0.0997 e. The van der Waals surface area contributed by atoms with Gasteiger partial charge in [-0.2, -0.15) is 0 Å². The Hall–Kier alpha value is -1.61. The first-order chi connectivity index (χ1) is 8.13. The monoisotopic (exact) mass is 229 g/mol. The lowest BCUT2D eigenvalue weighted by Crippen LogP contribution is -2.12. The van der Waals surface area contributed by atoms with E-state index in [2.05, 4.69) is 53.0 Å². The fourth-order valence-corrected chi connectivity index (χ4v) is 1.87. The minimum Gasteiger partial charge on any atom is -0.313 e. The van der Waals surface area contributed by atoms with E-state index in [1.54, 1.807) is 0 Å². The van der Waals surface area contributed by atoms with Gasteiger partial charge in [0.15, 0.2) is 0 Å². The molecule has 3 heteroatoms. The summed E-state index contributed by atoms with van der Waals surface area (Å²) in [6.45, 7) is 6.29. The Bertz CT molecular complexity index is 514. The summed E-state index contributed by atoms with van der Waals surface area (Å²) in [5.74, 6) is 0. The van der Waals surface area contributed by atoms with Gasteiger partial charge in [0.2, 0.25) is 0 Å². The van der Waals surface area contributed by atoms with Crippen LogP contribution in [-0.4, -0.2) is 16.6 Å². The van der Waals surface area contributed by atoms with Gasteiger partial charge in [-0.15, -0.1) is 0 Å². The molecule has 0 saturated heterocycles. The first kappa shape index (κ1) is 11.9. The van der Waals surface area contributed by atoms with Gasteiger partial charge in [0.1, 0.15) is 0 Å². The van der Waals surface area contributed by atoms with Crippen molar-refractivity contribution in [2.24, 2.45) is 0 Å². The predicted octanol–water partition coefficient (Wildman–Crippen LogP) is 2.77. The molecular weight excluding hydrogens is 210 g/mol. The van der Waals surface area contributed by atoms with Crippen LogP contribution in [0.15, 0.2) is 30.6 Å².